The van der Waals surface area contributed by atoms with Crippen molar-refractivity contribution >= 4 is 5.69 Å². The number of rotatable bonds is 1. The van der Waals surface area contributed by atoms with Gasteiger partial charge in [0.05, 0.1) is 6.61 Å². The van der Waals surface area contributed by atoms with Crippen molar-refractivity contribution in [2.75, 3.05) is 18.5 Å². The summed E-state index contributed by atoms with van der Waals surface area (Å²) in [6.45, 7) is 1.29. The molecule has 70 valence electrons. The second kappa shape index (κ2) is 3.38. The number of aliphatic hydroxyl groups excluding tert-OH is 1. The van der Waals surface area contributed by atoms with Crippen LogP contribution in [-0.2, 0) is 13.0 Å². The lowest BCUT2D eigenvalue weighted by Crippen LogP contribution is -2.25. The number of anilines is 1. The Morgan fingerprint density at radius 3 is 3.08 bits per heavy atom. The summed E-state index contributed by atoms with van der Waals surface area (Å²) < 4.78 is 0. The maximum atomic E-state index is 9.16. The van der Waals surface area contributed by atoms with E-state index in [9.17, 15) is 0 Å². The average molecular weight is 177 g/mol. The molecule has 0 aliphatic carbocycles. The van der Waals surface area contributed by atoms with Gasteiger partial charge in [0.25, 0.3) is 0 Å². The number of nitrogens with zero attached hydrogens (tertiary/aromatic N) is 1. The molecule has 1 aliphatic heterocycles. The topological polar surface area (TPSA) is 23.5 Å². The van der Waals surface area contributed by atoms with Gasteiger partial charge in [-0.2, -0.15) is 0 Å². The van der Waals surface area contributed by atoms with E-state index in [1.165, 1.54) is 17.7 Å². The fraction of sp³-hybridized carbons (Fsp3) is 0.455. The maximum Gasteiger partial charge on any atom is 0.0685 e. The zero-order valence-electron chi connectivity index (χ0n) is 7.95. The Balaban J connectivity index is 2.48. The molecule has 0 atom stereocenters. The van der Waals surface area contributed by atoms with Gasteiger partial charge in [-0.3, -0.25) is 0 Å². The standard InChI is InChI=1S/C11H15NO/c1-12-7-3-5-10-9(8-13)4-2-6-11(10)12/h2,4,6,13H,3,5,7-8H2,1H3. The molecule has 1 N–H and O–H groups in total. The quantitative estimate of drug-likeness (QED) is 0.703. The molecule has 1 heterocycles. The molecule has 0 fully saturated rings. The maximum absolute atomic E-state index is 9.16. The fourth-order valence-electron chi connectivity index (χ4n) is 2.03. The Hall–Kier alpha value is -1.02. The van der Waals surface area contributed by atoms with Gasteiger partial charge in [0, 0.05) is 19.3 Å². The van der Waals surface area contributed by atoms with Gasteiger partial charge < -0.3 is 10.0 Å². The van der Waals surface area contributed by atoms with Gasteiger partial charge in [-0.05, 0) is 30.0 Å². The summed E-state index contributed by atoms with van der Waals surface area (Å²) in [5.74, 6) is 0. The lowest BCUT2D eigenvalue weighted by atomic mass is 9.97. The van der Waals surface area contributed by atoms with Crippen LogP contribution in [0.25, 0.3) is 0 Å². The summed E-state index contributed by atoms with van der Waals surface area (Å²) >= 11 is 0. The minimum absolute atomic E-state index is 0.164. The molecule has 13 heavy (non-hydrogen) atoms. The highest BCUT2D eigenvalue weighted by molar-refractivity contribution is 5.57. The largest absolute Gasteiger partial charge is 0.392 e. The molecular formula is C11H15NO. The summed E-state index contributed by atoms with van der Waals surface area (Å²) in [7, 11) is 2.11. The molecule has 0 spiro atoms. The normalized spacial score (nSPS) is 15.7. The van der Waals surface area contributed by atoms with Crippen LogP contribution in [-0.4, -0.2) is 18.7 Å². The molecule has 1 aromatic rings. The van der Waals surface area contributed by atoms with Crippen molar-refractivity contribution in [2.45, 2.75) is 19.4 Å². The molecule has 2 rings (SSSR count). The molecule has 2 nitrogen and oxygen atoms in total. The van der Waals surface area contributed by atoms with E-state index in [2.05, 4.69) is 18.0 Å². The zero-order chi connectivity index (χ0) is 9.26. The predicted molar refractivity (Wildman–Crippen MR) is 54.0 cm³/mol. The number of hydrogen-bond acceptors (Lipinski definition) is 2. The number of hydrogen-bond donors (Lipinski definition) is 1. The van der Waals surface area contributed by atoms with Crippen LogP contribution in [0.15, 0.2) is 18.2 Å². The summed E-state index contributed by atoms with van der Waals surface area (Å²) in [5.41, 5.74) is 3.71. The van der Waals surface area contributed by atoms with E-state index in [1.807, 2.05) is 12.1 Å². The first-order valence-electron chi connectivity index (χ1n) is 4.75. The molecule has 0 radical (unpaired) electrons. The third-order valence-electron chi connectivity index (χ3n) is 2.75. The molecule has 1 aliphatic rings. The molecule has 2 heteroatoms. The molecule has 0 bridgehead atoms. The molecule has 0 unspecified atom stereocenters. The third kappa shape index (κ3) is 1.42. The highest BCUT2D eigenvalue weighted by Gasteiger charge is 2.15. The van der Waals surface area contributed by atoms with E-state index in [1.54, 1.807) is 0 Å². The van der Waals surface area contributed by atoms with Crippen LogP contribution >= 0.6 is 0 Å². The van der Waals surface area contributed by atoms with E-state index >= 15 is 0 Å². The van der Waals surface area contributed by atoms with Crippen LogP contribution in [0.5, 0.6) is 0 Å². The van der Waals surface area contributed by atoms with Crippen molar-refractivity contribution in [2.24, 2.45) is 0 Å². The number of aliphatic hydroxyl groups is 1. The Kier molecular flexibility index (Phi) is 2.23. The van der Waals surface area contributed by atoms with Gasteiger partial charge in [0.15, 0.2) is 0 Å². The van der Waals surface area contributed by atoms with Gasteiger partial charge in [-0.25, -0.2) is 0 Å². The first kappa shape index (κ1) is 8.57. The number of benzene rings is 1. The predicted octanol–water partition coefficient (Wildman–Crippen LogP) is 1.56. The summed E-state index contributed by atoms with van der Waals surface area (Å²) in [6.07, 6.45) is 2.30. The van der Waals surface area contributed by atoms with Crippen molar-refractivity contribution in [3.05, 3.63) is 29.3 Å². The minimum atomic E-state index is 0.164. The SMILES string of the molecule is CN1CCCc2c(CO)cccc21. The fourth-order valence-corrected chi connectivity index (χ4v) is 2.03. The monoisotopic (exact) mass is 177 g/mol. The van der Waals surface area contributed by atoms with E-state index in [4.69, 9.17) is 5.11 Å². The van der Waals surface area contributed by atoms with Crippen LogP contribution in [0.4, 0.5) is 5.69 Å². The molecular weight excluding hydrogens is 162 g/mol. The Morgan fingerprint density at radius 1 is 1.46 bits per heavy atom. The highest BCUT2D eigenvalue weighted by atomic mass is 16.3. The first-order chi connectivity index (χ1) is 6.33. The summed E-state index contributed by atoms with van der Waals surface area (Å²) in [5, 5.41) is 9.16. The summed E-state index contributed by atoms with van der Waals surface area (Å²) in [6, 6.07) is 6.16. The molecule has 0 aromatic heterocycles. The van der Waals surface area contributed by atoms with E-state index in [0.717, 1.165) is 18.5 Å². The zero-order valence-corrected chi connectivity index (χ0v) is 7.95. The first-order valence-corrected chi connectivity index (χ1v) is 4.75. The van der Waals surface area contributed by atoms with E-state index in [0.29, 0.717) is 0 Å². The Morgan fingerprint density at radius 2 is 2.31 bits per heavy atom. The summed E-state index contributed by atoms with van der Waals surface area (Å²) in [4.78, 5) is 2.26. The van der Waals surface area contributed by atoms with Gasteiger partial charge in [0.1, 0.15) is 0 Å². The van der Waals surface area contributed by atoms with Gasteiger partial charge >= 0.3 is 0 Å². The van der Waals surface area contributed by atoms with Crippen molar-refractivity contribution in [3.63, 3.8) is 0 Å². The van der Waals surface area contributed by atoms with Crippen LogP contribution in [0.3, 0.4) is 0 Å². The molecule has 0 saturated carbocycles. The average Bonchev–Trinajstić information content (AvgIpc) is 2.18. The van der Waals surface area contributed by atoms with E-state index < -0.39 is 0 Å². The molecule has 0 amide bonds. The van der Waals surface area contributed by atoms with Crippen LogP contribution in [0.2, 0.25) is 0 Å². The highest BCUT2D eigenvalue weighted by Crippen LogP contribution is 2.28. The van der Waals surface area contributed by atoms with Crippen molar-refractivity contribution in [1.29, 1.82) is 0 Å². The Bertz CT molecular complexity index is 309. The molecule has 1 aromatic carbocycles. The van der Waals surface area contributed by atoms with Gasteiger partial charge in [-0.1, -0.05) is 12.1 Å². The smallest absolute Gasteiger partial charge is 0.0685 e. The lowest BCUT2D eigenvalue weighted by molar-refractivity contribution is 0.280. The van der Waals surface area contributed by atoms with Crippen molar-refractivity contribution < 1.29 is 5.11 Å². The second-order valence-corrected chi connectivity index (χ2v) is 3.60. The van der Waals surface area contributed by atoms with E-state index in [-0.39, 0.29) is 6.61 Å². The van der Waals surface area contributed by atoms with Crippen molar-refractivity contribution in [1.82, 2.24) is 0 Å². The van der Waals surface area contributed by atoms with Gasteiger partial charge in [-0.15, -0.1) is 0 Å². The molecule has 0 saturated heterocycles. The van der Waals surface area contributed by atoms with Crippen LogP contribution < -0.4 is 4.90 Å². The third-order valence-corrected chi connectivity index (χ3v) is 2.75. The van der Waals surface area contributed by atoms with Gasteiger partial charge in [0.2, 0.25) is 0 Å². The Labute approximate surface area is 78.8 Å². The number of fused-ring (bicyclic) bond motifs is 1. The van der Waals surface area contributed by atoms with Crippen LogP contribution in [0, 0.1) is 0 Å². The minimum Gasteiger partial charge on any atom is -0.392 e. The van der Waals surface area contributed by atoms with Crippen molar-refractivity contribution in [3.8, 4) is 0 Å². The lowest BCUT2D eigenvalue weighted by Gasteiger charge is -2.28. The second-order valence-electron chi connectivity index (χ2n) is 3.60. The van der Waals surface area contributed by atoms with Crippen LogP contribution in [0.1, 0.15) is 17.5 Å².